The maximum absolute atomic E-state index is 12.1. The Morgan fingerprint density at radius 3 is 2.45 bits per heavy atom. The number of hydrogen-bond donors (Lipinski definition) is 1. The van der Waals surface area contributed by atoms with Gasteiger partial charge in [-0.25, -0.2) is 4.79 Å². The summed E-state index contributed by atoms with van der Waals surface area (Å²) in [6.45, 7) is 4.07. The van der Waals surface area contributed by atoms with Crippen LogP contribution in [0.2, 0.25) is 0 Å². The van der Waals surface area contributed by atoms with Crippen molar-refractivity contribution in [2.75, 3.05) is 40.4 Å². The average molecular weight is 278 g/mol. The van der Waals surface area contributed by atoms with Gasteiger partial charge in [0.25, 0.3) is 0 Å². The number of methoxy groups -OCH3 is 2. The van der Waals surface area contributed by atoms with Crippen LogP contribution in [0.5, 0.6) is 0 Å². The molecule has 0 radical (unpaired) electrons. The molecule has 2 rings (SSSR count). The molecule has 1 aromatic rings. The molecule has 20 heavy (non-hydrogen) atoms. The van der Waals surface area contributed by atoms with Crippen LogP contribution in [0.4, 0.5) is 0 Å². The molecular formula is C15H22N2O3. The average Bonchev–Trinajstić information content (AvgIpc) is 2.50. The molecule has 1 aromatic carbocycles. The van der Waals surface area contributed by atoms with Gasteiger partial charge in [-0.2, -0.15) is 0 Å². The number of nitrogens with zero attached hydrogens (tertiary/aromatic N) is 1. The zero-order valence-electron chi connectivity index (χ0n) is 12.1. The van der Waals surface area contributed by atoms with Crippen molar-refractivity contribution in [2.24, 2.45) is 0 Å². The van der Waals surface area contributed by atoms with E-state index in [0.717, 1.165) is 37.3 Å². The third-order valence-electron chi connectivity index (χ3n) is 3.55. The summed E-state index contributed by atoms with van der Waals surface area (Å²) in [6, 6.07) is 7.64. The lowest BCUT2D eigenvalue weighted by Crippen LogP contribution is -2.47. The van der Waals surface area contributed by atoms with Gasteiger partial charge in [0.1, 0.15) is 6.04 Å². The first kappa shape index (κ1) is 15.0. The Labute approximate surface area is 119 Å². The van der Waals surface area contributed by atoms with E-state index in [1.807, 2.05) is 24.3 Å². The molecule has 1 aliphatic rings. The summed E-state index contributed by atoms with van der Waals surface area (Å²) in [4.78, 5) is 14.3. The van der Waals surface area contributed by atoms with Crippen LogP contribution >= 0.6 is 0 Å². The van der Waals surface area contributed by atoms with Crippen LogP contribution < -0.4 is 5.32 Å². The van der Waals surface area contributed by atoms with Gasteiger partial charge in [-0.1, -0.05) is 24.3 Å². The van der Waals surface area contributed by atoms with Gasteiger partial charge in [0, 0.05) is 33.3 Å². The number of carbonyl (C=O) groups excluding carboxylic acids is 1. The molecule has 1 heterocycles. The van der Waals surface area contributed by atoms with Crippen LogP contribution in [-0.2, 0) is 20.9 Å². The first-order chi connectivity index (χ1) is 9.76. The Morgan fingerprint density at radius 1 is 1.25 bits per heavy atom. The van der Waals surface area contributed by atoms with E-state index in [0.29, 0.717) is 6.61 Å². The number of nitrogens with one attached hydrogen (secondary N) is 1. The lowest BCUT2D eigenvalue weighted by Gasteiger charge is -2.33. The van der Waals surface area contributed by atoms with Crippen LogP contribution in [0.25, 0.3) is 0 Å². The molecule has 5 heteroatoms. The van der Waals surface area contributed by atoms with Crippen molar-refractivity contribution in [2.45, 2.75) is 12.6 Å². The molecule has 0 saturated carbocycles. The molecule has 0 bridgehead atoms. The fourth-order valence-electron chi connectivity index (χ4n) is 2.51. The number of carbonyl (C=O) groups is 1. The number of rotatable bonds is 5. The standard InChI is InChI=1S/C15H22N2O3/c1-19-11-12-3-5-13(6-4-12)14(15(18)20-2)17-9-7-16-8-10-17/h3-6,14,16H,7-11H2,1-2H3. The molecule has 1 aliphatic heterocycles. The largest absolute Gasteiger partial charge is 0.468 e. The van der Waals surface area contributed by atoms with Crippen molar-refractivity contribution in [3.05, 3.63) is 35.4 Å². The number of esters is 1. The van der Waals surface area contributed by atoms with Gasteiger partial charge in [-0.15, -0.1) is 0 Å². The van der Waals surface area contributed by atoms with Crippen molar-refractivity contribution in [3.63, 3.8) is 0 Å². The summed E-state index contributed by atoms with van der Waals surface area (Å²) in [5.41, 5.74) is 2.07. The summed E-state index contributed by atoms with van der Waals surface area (Å²) in [5.74, 6) is -0.202. The van der Waals surface area contributed by atoms with Gasteiger partial charge in [0.15, 0.2) is 0 Å². The topological polar surface area (TPSA) is 50.8 Å². The Balaban J connectivity index is 2.18. The minimum Gasteiger partial charge on any atom is -0.468 e. The van der Waals surface area contributed by atoms with Crippen molar-refractivity contribution in [3.8, 4) is 0 Å². The molecule has 0 amide bonds. The second-order valence-corrected chi connectivity index (χ2v) is 4.89. The highest BCUT2D eigenvalue weighted by atomic mass is 16.5. The molecule has 1 N–H and O–H groups in total. The van der Waals surface area contributed by atoms with Gasteiger partial charge < -0.3 is 14.8 Å². The fraction of sp³-hybridized carbons (Fsp3) is 0.533. The van der Waals surface area contributed by atoms with E-state index in [2.05, 4.69) is 10.2 Å². The van der Waals surface area contributed by atoms with E-state index in [9.17, 15) is 4.79 Å². The smallest absolute Gasteiger partial charge is 0.327 e. The summed E-state index contributed by atoms with van der Waals surface area (Å²) >= 11 is 0. The fourth-order valence-corrected chi connectivity index (χ4v) is 2.51. The predicted octanol–water partition coefficient (Wildman–Crippen LogP) is 0.952. The molecule has 5 nitrogen and oxygen atoms in total. The third-order valence-corrected chi connectivity index (χ3v) is 3.55. The maximum atomic E-state index is 12.1. The van der Waals surface area contributed by atoms with Crippen LogP contribution in [-0.4, -0.2) is 51.3 Å². The lowest BCUT2D eigenvalue weighted by molar-refractivity contribution is -0.147. The Morgan fingerprint density at radius 2 is 1.90 bits per heavy atom. The summed E-state index contributed by atoms with van der Waals surface area (Å²) in [5, 5.41) is 3.29. The van der Waals surface area contributed by atoms with Gasteiger partial charge in [0.2, 0.25) is 0 Å². The van der Waals surface area contributed by atoms with Gasteiger partial charge in [0.05, 0.1) is 13.7 Å². The maximum Gasteiger partial charge on any atom is 0.327 e. The zero-order valence-corrected chi connectivity index (χ0v) is 12.1. The molecule has 1 atom stereocenters. The quantitative estimate of drug-likeness (QED) is 0.813. The van der Waals surface area contributed by atoms with Crippen LogP contribution in [0.1, 0.15) is 17.2 Å². The summed E-state index contributed by atoms with van der Waals surface area (Å²) in [7, 11) is 3.11. The Bertz CT molecular complexity index is 427. The minimum absolute atomic E-state index is 0.202. The summed E-state index contributed by atoms with van der Waals surface area (Å²) in [6.07, 6.45) is 0. The highest BCUT2D eigenvalue weighted by Crippen LogP contribution is 2.23. The Hall–Kier alpha value is -1.43. The SMILES string of the molecule is COCc1ccc(C(C(=O)OC)N2CCNCC2)cc1. The minimum atomic E-state index is -0.321. The van der Waals surface area contributed by atoms with Gasteiger partial charge in [-0.3, -0.25) is 4.90 Å². The van der Waals surface area contributed by atoms with E-state index in [1.54, 1.807) is 7.11 Å². The molecule has 110 valence electrons. The zero-order chi connectivity index (χ0) is 14.4. The number of hydrogen-bond acceptors (Lipinski definition) is 5. The molecule has 0 aliphatic carbocycles. The lowest BCUT2D eigenvalue weighted by atomic mass is 10.0. The van der Waals surface area contributed by atoms with Crippen molar-refractivity contribution in [1.82, 2.24) is 10.2 Å². The highest BCUT2D eigenvalue weighted by Gasteiger charge is 2.29. The first-order valence-corrected chi connectivity index (χ1v) is 6.86. The normalized spacial score (nSPS) is 17.7. The predicted molar refractivity (Wildman–Crippen MR) is 76.4 cm³/mol. The number of benzene rings is 1. The van der Waals surface area contributed by atoms with Crippen molar-refractivity contribution < 1.29 is 14.3 Å². The highest BCUT2D eigenvalue weighted by molar-refractivity contribution is 5.77. The van der Waals surface area contributed by atoms with E-state index >= 15 is 0 Å². The molecule has 1 unspecified atom stereocenters. The molecule has 1 saturated heterocycles. The van der Waals surface area contributed by atoms with E-state index in [-0.39, 0.29) is 12.0 Å². The second kappa shape index (κ2) is 7.38. The van der Waals surface area contributed by atoms with Crippen LogP contribution in [0.3, 0.4) is 0 Å². The molecule has 0 spiro atoms. The van der Waals surface area contributed by atoms with Crippen LogP contribution in [0.15, 0.2) is 24.3 Å². The third kappa shape index (κ3) is 3.56. The van der Waals surface area contributed by atoms with Gasteiger partial charge >= 0.3 is 5.97 Å². The second-order valence-electron chi connectivity index (χ2n) is 4.89. The number of piperazine rings is 1. The molecule has 0 aromatic heterocycles. The Kier molecular flexibility index (Phi) is 5.52. The van der Waals surface area contributed by atoms with Crippen LogP contribution in [0, 0.1) is 0 Å². The number of ether oxygens (including phenoxy) is 2. The van der Waals surface area contributed by atoms with E-state index in [4.69, 9.17) is 9.47 Å². The van der Waals surface area contributed by atoms with E-state index < -0.39 is 0 Å². The summed E-state index contributed by atoms with van der Waals surface area (Å²) < 4.78 is 10.1. The van der Waals surface area contributed by atoms with Crippen molar-refractivity contribution >= 4 is 5.97 Å². The van der Waals surface area contributed by atoms with Crippen molar-refractivity contribution in [1.29, 1.82) is 0 Å². The van der Waals surface area contributed by atoms with Gasteiger partial charge in [-0.05, 0) is 11.1 Å². The molecule has 1 fully saturated rings. The molecular weight excluding hydrogens is 256 g/mol. The van der Waals surface area contributed by atoms with E-state index in [1.165, 1.54) is 7.11 Å². The first-order valence-electron chi connectivity index (χ1n) is 6.86. The monoisotopic (exact) mass is 278 g/mol.